The highest BCUT2D eigenvalue weighted by atomic mass is 16.2. The number of hydrogen-bond donors (Lipinski definition) is 2. The Hall–Kier alpha value is -5.66. The smallest absolute Gasteiger partial charge is 0.255 e. The maximum absolute atomic E-state index is 14.4. The number of carbonyl (C=O) groups is 2. The number of nitrogens with one attached hydrogen (secondary N) is 2. The molecule has 8 rings (SSSR count). The van der Waals surface area contributed by atoms with E-state index in [-0.39, 0.29) is 29.8 Å². The van der Waals surface area contributed by atoms with E-state index in [1.165, 1.54) is 11.1 Å². The van der Waals surface area contributed by atoms with Gasteiger partial charge in [0.25, 0.3) is 5.91 Å². The Balaban J connectivity index is 1.01. The van der Waals surface area contributed by atoms with Gasteiger partial charge in [0.2, 0.25) is 5.91 Å². The molecule has 2 amide bonds. The molecule has 0 aliphatic carbocycles. The Bertz CT molecular complexity index is 2160. The summed E-state index contributed by atoms with van der Waals surface area (Å²) in [6.07, 6.45) is 0.540. The molecule has 1 saturated heterocycles. The molecule has 2 aliphatic rings. The number of aromatic nitrogens is 1. The topological polar surface area (TPSA) is 71.7 Å². The lowest BCUT2D eigenvalue weighted by Gasteiger charge is -2.40. The first-order valence-corrected chi connectivity index (χ1v) is 18.9. The Morgan fingerprint density at radius 2 is 1.36 bits per heavy atom. The maximum atomic E-state index is 14.4. The monoisotopic (exact) mass is 701 g/mol. The van der Waals surface area contributed by atoms with Crippen molar-refractivity contribution >= 4 is 34.1 Å². The van der Waals surface area contributed by atoms with Crippen LogP contribution in [0.15, 0.2) is 133 Å². The van der Waals surface area contributed by atoms with E-state index in [1.54, 1.807) is 0 Å². The third-order valence-electron chi connectivity index (χ3n) is 11.0. The average molecular weight is 702 g/mol. The van der Waals surface area contributed by atoms with Gasteiger partial charge in [-0.2, -0.15) is 0 Å². The summed E-state index contributed by atoms with van der Waals surface area (Å²) in [4.78, 5) is 39.1. The van der Waals surface area contributed by atoms with Crippen LogP contribution in [0.1, 0.15) is 70.7 Å². The summed E-state index contributed by atoms with van der Waals surface area (Å²) in [6, 6.07) is 44.9. The van der Waals surface area contributed by atoms with Gasteiger partial charge < -0.3 is 20.1 Å². The first kappa shape index (κ1) is 34.4. The van der Waals surface area contributed by atoms with Crippen molar-refractivity contribution in [2.24, 2.45) is 5.92 Å². The number of benzene rings is 5. The summed E-state index contributed by atoms with van der Waals surface area (Å²) in [5.41, 5.74) is 9.15. The van der Waals surface area contributed by atoms with E-state index >= 15 is 0 Å². The Kier molecular flexibility index (Phi) is 9.59. The van der Waals surface area contributed by atoms with E-state index in [0.717, 1.165) is 65.3 Å². The molecule has 7 heteroatoms. The SMILES string of the molecule is Cc1[nH]c2ccccc2c1C1c2ccccc2C(=O)N1C(CC(C)C)C(=O)Nc1ccc(N2CCN(C(c3ccccc3)c3ccccc3)CC2)cc1. The second-order valence-electron chi connectivity index (χ2n) is 14.8. The Morgan fingerprint density at radius 3 is 2.02 bits per heavy atom. The van der Waals surface area contributed by atoms with Crippen molar-refractivity contribution in [1.29, 1.82) is 0 Å². The summed E-state index contributed by atoms with van der Waals surface area (Å²) in [6.45, 7) is 9.96. The molecule has 0 bridgehead atoms. The molecule has 3 heterocycles. The van der Waals surface area contributed by atoms with Crippen LogP contribution in [-0.4, -0.2) is 58.8 Å². The number of fused-ring (bicyclic) bond motifs is 2. The van der Waals surface area contributed by atoms with Gasteiger partial charge in [0.1, 0.15) is 6.04 Å². The van der Waals surface area contributed by atoms with Crippen LogP contribution in [0.3, 0.4) is 0 Å². The lowest BCUT2D eigenvalue weighted by molar-refractivity contribution is -0.121. The van der Waals surface area contributed by atoms with Crippen LogP contribution in [0.5, 0.6) is 0 Å². The van der Waals surface area contributed by atoms with E-state index < -0.39 is 6.04 Å². The summed E-state index contributed by atoms with van der Waals surface area (Å²) in [5.74, 6) is -0.0830. The number of aryl methyl sites for hydroxylation is 1. The standard InChI is InChI=1S/C46H47N5O2/c1-31(2)30-41(51-44(37-18-10-11-19-38(37)46(51)53)42-32(3)47-40-21-13-12-20-39(40)42)45(52)48-35-22-24-36(25-23-35)49-26-28-50(29-27-49)43(33-14-6-4-7-15-33)34-16-8-5-9-17-34/h4-25,31,41,43-44,47H,26-30H2,1-3H3,(H,48,52). The fraction of sp³-hybridized carbons (Fsp3) is 0.261. The maximum Gasteiger partial charge on any atom is 0.255 e. The van der Waals surface area contributed by atoms with E-state index in [2.05, 4.69) is 126 Å². The van der Waals surface area contributed by atoms with Gasteiger partial charge in [0.15, 0.2) is 0 Å². The first-order chi connectivity index (χ1) is 25.9. The summed E-state index contributed by atoms with van der Waals surface area (Å²) in [7, 11) is 0. The molecule has 5 aromatic carbocycles. The summed E-state index contributed by atoms with van der Waals surface area (Å²) >= 11 is 0. The molecular weight excluding hydrogens is 655 g/mol. The number of piperazine rings is 1. The number of nitrogens with zero attached hydrogens (tertiary/aromatic N) is 3. The van der Waals surface area contributed by atoms with Gasteiger partial charge >= 0.3 is 0 Å². The lowest BCUT2D eigenvalue weighted by atomic mass is 9.93. The molecule has 268 valence electrons. The third-order valence-corrected chi connectivity index (χ3v) is 11.0. The zero-order chi connectivity index (χ0) is 36.5. The van der Waals surface area contributed by atoms with Crippen LogP contribution in [-0.2, 0) is 4.79 Å². The molecule has 1 aromatic heterocycles. The van der Waals surface area contributed by atoms with Crippen molar-refractivity contribution in [3.8, 4) is 0 Å². The van der Waals surface area contributed by atoms with E-state index in [0.29, 0.717) is 12.0 Å². The summed E-state index contributed by atoms with van der Waals surface area (Å²) in [5, 5.41) is 4.28. The number of hydrogen-bond acceptors (Lipinski definition) is 4. The van der Waals surface area contributed by atoms with Crippen LogP contribution in [0.4, 0.5) is 11.4 Å². The number of rotatable bonds is 10. The van der Waals surface area contributed by atoms with Crippen molar-refractivity contribution in [2.75, 3.05) is 36.4 Å². The molecular formula is C46H47N5O2. The lowest BCUT2D eigenvalue weighted by Crippen LogP contribution is -2.48. The number of aromatic amines is 1. The van der Waals surface area contributed by atoms with Gasteiger partial charge in [-0.05, 0) is 72.4 Å². The normalized spacial score (nSPS) is 16.8. The number of anilines is 2. The van der Waals surface area contributed by atoms with Crippen LogP contribution in [0, 0.1) is 12.8 Å². The quantitative estimate of drug-likeness (QED) is 0.150. The van der Waals surface area contributed by atoms with Crippen molar-refractivity contribution in [2.45, 2.75) is 45.3 Å². The van der Waals surface area contributed by atoms with Gasteiger partial charge in [0.05, 0.1) is 12.1 Å². The van der Waals surface area contributed by atoms with E-state index in [4.69, 9.17) is 0 Å². The highest BCUT2D eigenvalue weighted by molar-refractivity contribution is 6.05. The van der Waals surface area contributed by atoms with Crippen molar-refractivity contribution in [1.82, 2.24) is 14.8 Å². The molecule has 2 unspecified atom stereocenters. The van der Waals surface area contributed by atoms with Crippen LogP contribution in [0.25, 0.3) is 10.9 Å². The zero-order valence-electron chi connectivity index (χ0n) is 30.7. The largest absolute Gasteiger partial charge is 0.369 e. The van der Waals surface area contributed by atoms with Crippen LogP contribution >= 0.6 is 0 Å². The van der Waals surface area contributed by atoms with Crippen LogP contribution < -0.4 is 10.2 Å². The predicted molar refractivity (Wildman–Crippen MR) is 214 cm³/mol. The van der Waals surface area contributed by atoms with Gasteiger partial charge in [-0.25, -0.2) is 0 Å². The van der Waals surface area contributed by atoms with E-state index in [9.17, 15) is 9.59 Å². The molecule has 1 fully saturated rings. The minimum absolute atomic E-state index is 0.104. The van der Waals surface area contributed by atoms with Gasteiger partial charge in [-0.3, -0.25) is 14.5 Å². The highest BCUT2D eigenvalue weighted by Gasteiger charge is 2.45. The van der Waals surface area contributed by atoms with Crippen molar-refractivity contribution < 1.29 is 9.59 Å². The second-order valence-corrected chi connectivity index (χ2v) is 14.8. The highest BCUT2D eigenvalue weighted by Crippen LogP contribution is 2.44. The Morgan fingerprint density at radius 1 is 0.755 bits per heavy atom. The molecule has 2 aliphatic heterocycles. The van der Waals surface area contributed by atoms with Crippen molar-refractivity contribution in [3.63, 3.8) is 0 Å². The Labute approximate surface area is 312 Å². The second kappa shape index (κ2) is 14.8. The number of amides is 2. The molecule has 6 aromatic rings. The van der Waals surface area contributed by atoms with E-state index in [1.807, 2.05) is 53.4 Å². The minimum atomic E-state index is -0.664. The zero-order valence-corrected chi connectivity index (χ0v) is 30.7. The average Bonchev–Trinajstić information content (AvgIpc) is 3.67. The minimum Gasteiger partial charge on any atom is -0.369 e. The fourth-order valence-electron chi connectivity index (χ4n) is 8.50. The molecule has 53 heavy (non-hydrogen) atoms. The molecule has 0 radical (unpaired) electrons. The van der Waals surface area contributed by atoms with Gasteiger partial charge in [-0.1, -0.05) is 111 Å². The molecule has 2 atom stereocenters. The predicted octanol–water partition coefficient (Wildman–Crippen LogP) is 8.99. The van der Waals surface area contributed by atoms with Crippen LogP contribution in [0.2, 0.25) is 0 Å². The number of H-pyrrole nitrogens is 1. The molecule has 7 nitrogen and oxygen atoms in total. The third kappa shape index (κ3) is 6.73. The molecule has 0 saturated carbocycles. The number of para-hydroxylation sites is 1. The first-order valence-electron chi connectivity index (χ1n) is 18.9. The molecule has 2 N–H and O–H groups in total. The van der Waals surface area contributed by atoms with Crippen molar-refractivity contribution in [3.05, 3.63) is 167 Å². The van der Waals surface area contributed by atoms with Gasteiger partial charge in [-0.15, -0.1) is 0 Å². The summed E-state index contributed by atoms with van der Waals surface area (Å²) < 4.78 is 0. The molecule has 0 spiro atoms. The number of carbonyl (C=O) groups excluding carboxylic acids is 2. The van der Waals surface area contributed by atoms with Gasteiger partial charge in [0, 0.05) is 65.3 Å². The fourth-order valence-corrected chi connectivity index (χ4v) is 8.50.